The van der Waals surface area contributed by atoms with Gasteiger partial charge < -0.3 is 15.2 Å². The van der Waals surface area contributed by atoms with E-state index in [9.17, 15) is 14.3 Å². The molecule has 5 heteroatoms. The van der Waals surface area contributed by atoms with Crippen LogP contribution in [0.1, 0.15) is 38.5 Å². The molecular weight excluding hydrogens is 273 g/mol. The molecule has 1 saturated carbocycles. The normalized spacial score (nSPS) is 16.7. The topological polar surface area (TPSA) is 58.6 Å². The maximum absolute atomic E-state index is 12.9. The van der Waals surface area contributed by atoms with Crippen LogP contribution in [0.2, 0.25) is 0 Å². The third-order valence-electron chi connectivity index (χ3n) is 3.88. The Morgan fingerprint density at radius 1 is 1.38 bits per heavy atom. The summed E-state index contributed by atoms with van der Waals surface area (Å²) in [5, 5.41) is 12.4. The Bertz CT molecular complexity index is 472. The van der Waals surface area contributed by atoms with E-state index in [1.165, 1.54) is 12.1 Å². The number of hydrogen-bond acceptors (Lipinski definition) is 3. The molecule has 1 aromatic rings. The summed E-state index contributed by atoms with van der Waals surface area (Å²) in [6.45, 7) is 0.363. The Morgan fingerprint density at radius 2 is 2.14 bits per heavy atom. The molecule has 0 spiro atoms. The van der Waals surface area contributed by atoms with E-state index in [0.717, 1.165) is 25.7 Å². The van der Waals surface area contributed by atoms with Crippen molar-refractivity contribution in [1.82, 2.24) is 5.32 Å². The second kappa shape index (κ2) is 7.41. The van der Waals surface area contributed by atoms with Crippen molar-refractivity contribution in [2.45, 2.75) is 44.1 Å². The van der Waals surface area contributed by atoms with Crippen LogP contribution < -0.4 is 10.1 Å². The first-order chi connectivity index (χ1) is 10.1. The molecule has 116 valence electrons. The van der Waals surface area contributed by atoms with Crippen molar-refractivity contribution in [3.05, 3.63) is 30.1 Å². The molecule has 1 fully saturated rings. The van der Waals surface area contributed by atoms with Gasteiger partial charge in [0.2, 0.25) is 5.91 Å². The molecular formula is C16H22FNO3. The van der Waals surface area contributed by atoms with Gasteiger partial charge in [-0.3, -0.25) is 4.79 Å². The summed E-state index contributed by atoms with van der Waals surface area (Å²) in [5.74, 6) is 0.0724. The molecule has 0 saturated heterocycles. The van der Waals surface area contributed by atoms with E-state index >= 15 is 0 Å². The van der Waals surface area contributed by atoms with Crippen LogP contribution in [0.5, 0.6) is 5.75 Å². The van der Waals surface area contributed by atoms with Crippen molar-refractivity contribution < 1.29 is 19.0 Å². The average Bonchev–Trinajstić information content (AvgIpc) is 2.93. The van der Waals surface area contributed by atoms with Crippen LogP contribution in [0.4, 0.5) is 4.39 Å². The number of amides is 1. The van der Waals surface area contributed by atoms with E-state index in [2.05, 4.69) is 5.32 Å². The number of carbonyl (C=O) groups is 1. The fourth-order valence-electron chi connectivity index (χ4n) is 2.71. The fraction of sp³-hybridized carbons (Fsp3) is 0.562. The number of hydrogen-bond donors (Lipinski definition) is 2. The summed E-state index contributed by atoms with van der Waals surface area (Å²) >= 11 is 0. The zero-order chi connectivity index (χ0) is 15.1. The minimum atomic E-state index is -0.416. The SMILES string of the molecule is O=C(CCCOc1cccc(F)c1)NC1(CO)CCCC1. The Balaban J connectivity index is 1.67. The third kappa shape index (κ3) is 4.70. The van der Waals surface area contributed by atoms with E-state index < -0.39 is 5.54 Å². The molecule has 0 unspecified atom stereocenters. The van der Waals surface area contributed by atoms with Gasteiger partial charge in [0.05, 0.1) is 18.8 Å². The molecule has 0 radical (unpaired) electrons. The number of benzene rings is 1. The zero-order valence-corrected chi connectivity index (χ0v) is 12.1. The van der Waals surface area contributed by atoms with Gasteiger partial charge >= 0.3 is 0 Å². The van der Waals surface area contributed by atoms with Crippen LogP contribution in [0, 0.1) is 5.82 Å². The van der Waals surface area contributed by atoms with Crippen LogP contribution >= 0.6 is 0 Å². The molecule has 2 N–H and O–H groups in total. The molecule has 1 amide bonds. The molecule has 0 bridgehead atoms. The average molecular weight is 295 g/mol. The van der Waals surface area contributed by atoms with Crippen LogP contribution in [0.25, 0.3) is 0 Å². The first-order valence-electron chi connectivity index (χ1n) is 7.44. The van der Waals surface area contributed by atoms with Gasteiger partial charge in [0.25, 0.3) is 0 Å². The number of ether oxygens (including phenoxy) is 1. The molecule has 1 aliphatic rings. The van der Waals surface area contributed by atoms with E-state index in [0.29, 0.717) is 25.2 Å². The molecule has 0 atom stereocenters. The van der Waals surface area contributed by atoms with Crippen molar-refractivity contribution in [2.75, 3.05) is 13.2 Å². The number of nitrogens with one attached hydrogen (secondary N) is 1. The Labute approximate surface area is 124 Å². The van der Waals surface area contributed by atoms with E-state index in [1.54, 1.807) is 12.1 Å². The molecule has 2 rings (SSSR count). The Kier molecular flexibility index (Phi) is 5.56. The standard InChI is InChI=1S/C16H22FNO3/c17-13-5-3-6-14(11-13)21-10-4-7-15(20)18-16(12-19)8-1-2-9-16/h3,5-6,11,19H,1-2,4,7-10,12H2,(H,18,20). The van der Waals surface area contributed by atoms with Gasteiger partial charge in [0.1, 0.15) is 11.6 Å². The highest BCUT2D eigenvalue weighted by atomic mass is 19.1. The predicted molar refractivity (Wildman–Crippen MR) is 77.6 cm³/mol. The van der Waals surface area contributed by atoms with Gasteiger partial charge in [-0.05, 0) is 31.4 Å². The van der Waals surface area contributed by atoms with Gasteiger partial charge in [0.15, 0.2) is 0 Å². The summed E-state index contributed by atoms with van der Waals surface area (Å²) in [7, 11) is 0. The lowest BCUT2D eigenvalue weighted by atomic mass is 9.98. The van der Waals surface area contributed by atoms with Crippen LogP contribution in [0.15, 0.2) is 24.3 Å². The fourth-order valence-corrected chi connectivity index (χ4v) is 2.71. The highest BCUT2D eigenvalue weighted by molar-refractivity contribution is 5.76. The lowest BCUT2D eigenvalue weighted by molar-refractivity contribution is -0.123. The Morgan fingerprint density at radius 3 is 2.81 bits per heavy atom. The van der Waals surface area contributed by atoms with Crippen molar-refractivity contribution in [2.24, 2.45) is 0 Å². The smallest absolute Gasteiger partial charge is 0.220 e. The minimum absolute atomic E-state index is 0.00146. The summed E-state index contributed by atoms with van der Waals surface area (Å²) in [4.78, 5) is 11.9. The quantitative estimate of drug-likeness (QED) is 0.759. The summed E-state index contributed by atoms with van der Waals surface area (Å²) in [6, 6.07) is 5.94. The van der Waals surface area contributed by atoms with Crippen LogP contribution in [-0.4, -0.2) is 29.8 Å². The predicted octanol–water partition coefficient (Wildman–Crippen LogP) is 2.41. The van der Waals surface area contributed by atoms with Gasteiger partial charge in [-0.25, -0.2) is 4.39 Å². The number of halogens is 1. The van der Waals surface area contributed by atoms with Crippen molar-refractivity contribution >= 4 is 5.91 Å². The number of aliphatic hydroxyl groups excluding tert-OH is 1. The molecule has 4 nitrogen and oxygen atoms in total. The zero-order valence-electron chi connectivity index (χ0n) is 12.1. The van der Waals surface area contributed by atoms with Gasteiger partial charge in [-0.1, -0.05) is 18.9 Å². The summed E-state index contributed by atoms with van der Waals surface area (Å²) < 4.78 is 18.3. The molecule has 0 aliphatic heterocycles. The summed E-state index contributed by atoms with van der Waals surface area (Å²) in [6.07, 6.45) is 4.68. The summed E-state index contributed by atoms with van der Waals surface area (Å²) in [5.41, 5.74) is -0.416. The van der Waals surface area contributed by atoms with Crippen LogP contribution in [-0.2, 0) is 4.79 Å². The van der Waals surface area contributed by atoms with E-state index in [4.69, 9.17) is 4.74 Å². The number of carbonyl (C=O) groups excluding carboxylic acids is 1. The van der Waals surface area contributed by atoms with E-state index in [-0.39, 0.29) is 18.3 Å². The van der Waals surface area contributed by atoms with Gasteiger partial charge in [-0.2, -0.15) is 0 Å². The third-order valence-corrected chi connectivity index (χ3v) is 3.88. The number of rotatable bonds is 7. The Hall–Kier alpha value is -1.62. The molecule has 0 heterocycles. The second-order valence-electron chi connectivity index (χ2n) is 5.60. The molecule has 0 aromatic heterocycles. The molecule has 1 aliphatic carbocycles. The monoisotopic (exact) mass is 295 g/mol. The first-order valence-corrected chi connectivity index (χ1v) is 7.44. The number of aliphatic hydroxyl groups is 1. The van der Waals surface area contributed by atoms with Crippen molar-refractivity contribution in [1.29, 1.82) is 0 Å². The first kappa shape index (κ1) is 15.8. The highest BCUT2D eigenvalue weighted by Gasteiger charge is 2.34. The van der Waals surface area contributed by atoms with Crippen LogP contribution in [0.3, 0.4) is 0 Å². The maximum Gasteiger partial charge on any atom is 0.220 e. The lowest BCUT2D eigenvalue weighted by Gasteiger charge is -2.28. The highest BCUT2D eigenvalue weighted by Crippen LogP contribution is 2.29. The van der Waals surface area contributed by atoms with Gasteiger partial charge in [-0.15, -0.1) is 0 Å². The largest absolute Gasteiger partial charge is 0.493 e. The lowest BCUT2D eigenvalue weighted by Crippen LogP contribution is -2.49. The van der Waals surface area contributed by atoms with Crippen molar-refractivity contribution in [3.63, 3.8) is 0 Å². The minimum Gasteiger partial charge on any atom is -0.493 e. The van der Waals surface area contributed by atoms with Gasteiger partial charge in [0, 0.05) is 12.5 Å². The van der Waals surface area contributed by atoms with Crippen molar-refractivity contribution in [3.8, 4) is 5.75 Å². The maximum atomic E-state index is 12.9. The molecule has 21 heavy (non-hydrogen) atoms. The van der Waals surface area contributed by atoms with E-state index in [1.807, 2.05) is 0 Å². The molecule has 1 aromatic carbocycles. The second-order valence-corrected chi connectivity index (χ2v) is 5.60.